The lowest BCUT2D eigenvalue weighted by Crippen LogP contribution is -2.25. The van der Waals surface area contributed by atoms with E-state index in [1.807, 2.05) is 43.3 Å². The number of rotatable bonds is 6. The molecule has 0 aromatic heterocycles. The molecule has 0 spiro atoms. The van der Waals surface area contributed by atoms with Gasteiger partial charge in [-0.1, -0.05) is 18.2 Å². The molecule has 0 saturated carbocycles. The number of hydrogen-bond donors (Lipinski definition) is 2. The Bertz CT molecular complexity index is 597. The molecule has 2 rings (SSSR count). The highest BCUT2D eigenvalue weighted by molar-refractivity contribution is 5.94. The van der Waals surface area contributed by atoms with Gasteiger partial charge < -0.3 is 15.8 Å². The van der Waals surface area contributed by atoms with Crippen molar-refractivity contribution in [2.24, 2.45) is 0 Å². The Hall–Kier alpha value is -2.49. The largest absolute Gasteiger partial charge is 0.494 e. The third-order valence-electron chi connectivity index (χ3n) is 3.15. The first-order chi connectivity index (χ1) is 10.2. The van der Waals surface area contributed by atoms with Crippen LogP contribution in [0.1, 0.15) is 22.3 Å². The van der Waals surface area contributed by atoms with Crippen molar-refractivity contribution in [1.29, 1.82) is 0 Å². The molecule has 4 heteroatoms. The van der Waals surface area contributed by atoms with Gasteiger partial charge >= 0.3 is 0 Å². The molecule has 2 aromatic rings. The highest BCUT2D eigenvalue weighted by atomic mass is 16.5. The summed E-state index contributed by atoms with van der Waals surface area (Å²) in [7, 11) is 0. The van der Waals surface area contributed by atoms with Crippen LogP contribution >= 0.6 is 0 Å². The third-order valence-corrected chi connectivity index (χ3v) is 3.15. The van der Waals surface area contributed by atoms with E-state index in [-0.39, 0.29) is 5.91 Å². The summed E-state index contributed by atoms with van der Waals surface area (Å²) in [6, 6.07) is 14.8. The first kappa shape index (κ1) is 14.9. The molecule has 0 aliphatic heterocycles. The molecule has 2 aromatic carbocycles. The fraction of sp³-hybridized carbons (Fsp3) is 0.235. The molecule has 0 saturated heterocycles. The fourth-order valence-electron chi connectivity index (χ4n) is 1.89. The second kappa shape index (κ2) is 7.33. The SMILES string of the molecule is Cc1cc(OCCCNC(=O)c2ccccc2)ccc1N. The summed E-state index contributed by atoms with van der Waals surface area (Å²) in [5.41, 5.74) is 8.19. The summed E-state index contributed by atoms with van der Waals surface area (Å²) >= 11 is 0. The monoisotopic (exact) mass is 284 g/mol. The average molecular weight is 284 g/mol. The normalized spacial score (nSPS) is 10.1. The molecule has 3 N–H and O–H groups in total. The standard InChI is InChI=1S/C17H20N2O2/c1-13-12-15(8-9-16(13)18)21-11-5-10-19-17(20)14-6-3-2-4-7-14/h2-4,6-9,12H,5,10-11,18H2,1H3,(H,19,20). The molecule has 4 nitrogen and oxygen atoms in total. The minimum absolute atomic E-state index is 0.0565. The number of nitrogens with two attached hydrogens (primary N) is 1. The zero-order valence-corrected chi connectivity index (χ0v) is 12.1. The minimum atomic E-state index is -0.0565. The molecular weight excluding hydrogens is 264 g/mol. The number of hydrogen-bond acceptors (Lipinski definition) is 3. The van der Waals surface area contributed by atoms with Crippen molar-refractivity contribution in [1.82, 2.24) is 5.32 Å². The molecule has 0 heterocycles. The van der Waals surface area contributed by atoms with Crippen molar-refractivity contribution >= 4 is 11.6 Å². The maximum Gasteiger partial charge on any atom is 0.251 e. The van der Waals surface area contributed by atoms with Gasteiger partial charge in [-0.25, -0.2) is 0 Å². The van der Waals surface area contributed by atoms with E-state index in [0.29, 0.717) is 18.7 Å². The van der Waals surface area contributed by atoms with Gasteiger partial charge in [0.05, 0.1) is 6.61 Å². The summed E-state index contributed by atoms with van der Waals surface area (Å²) in [6.07, 6.45) is 0.752. The first-order valence-corrected chi connectivity index (χ1v) is 6.99. The first-order valence-electron chi connectivity index (χ1n) is 6.99. The van der Waals surface area contributed by atoms with Crippen LogP contribution in [0, 0.1) is 6.92 Å². The van der Waals surface area contributed by atoms with Gasteiger partial charge in [0.1, 0.15) is 5.75 Å². The Morgan fingerprint density at radius 1 is 1.19 bits per heavy atom. The number of benzene rings is 2. The van der Waals surface area contributed by atoms with Crippen LogP contribution in [0.15, 0.2) is 48.5 Å². The zero-order chi connectivity index (χ0) is 15.1. The van der Waals surface area contributed by atoms with Crippen LogP contribution in [0.2, 0.25) is 0 Å². The molecule has 0 radical (unpaired) electrons. The van der Waals surface area contributed by atoms with Gasteiger partial charge in [0, 0.05) is 17.8 Å². The number of aryl methyl sites for hydroxylation is 1. The van der Waals surface area contributed by atoms with Crippen molar-refractivity contribution in [3.05, 3.63) is 59.7 Å². The van der Waals surface area contributed by atoms with E-state index in [1.54, 1.807) is 12.1 Å². The van der Waals surface area contributed by atoms with Crippen LogP contribution in [0.3, 0.4) is 0 Å². The topological polar surface area (TPSA) is 64.3 Å². The van der Waals surface area contributed by atoms with Crippen LogP contribution in [0.25, 0.3) is 0 Å². The van der Waals surface area contributed by atoms with Gasteiger partial charge in [0.2, 0.25) is 0 Å². The predicted molar refractivity (Wildman–Crippen MR) is 84.5 cm³/mol. The van der Waals surface area contributed by atoms with E-state index in [4.69, 9.17) is 10.5 Å². The molecule has 0 fully saturated rings. The summed E-state index contributed by atoms with van der Waals surface area (Å²) < 4.78 is 5.62. The van der Waals surface area contributed by atoms with Crippen molar-refractivity contribution in [3.63, 3.8) is 0 Å². The van der Waals surface area contributed by atoms with Gasteiger partial charge in [0.15, 0.2) is 0 Å². The number of nitrogen functional groups attached to an aromatic ring is 1. The second-order valence-electron chi connectivity index (χ2n) is 4.84. The van der Waals surface area contributed by atoms with Gasteiger partial charge in [-0.2, -0.15) is 0 Å². The van der Waals surface area contributed by atoms with Gasteiger partial charge in [-0.05, 0) is 49.2 Å². The zero-order valence-electron chi connectivity index (χ0n) is 12.1. The molecular formula is C17H20N2O2. The quantitative estimate of drug-likeness (QED) is 0.633. The highest BCUT2D eigenvalue weighted by Crippen LogP contribution is 2.18. The Kier molecular flexibility index (Phi) is 5.21. The number of carbonyl (C=O) groups excluding carboxylic acids is 1. The Morgan fingerprint density at radius 3 is 2.67 bits per heavy atom. The van der Waals surface area contributed by atoms with Crippen molar-refractivity contribution in [2.75, 3.05) is 18.9 Å². The van der Waals surface area contributed by atoms with Crippen LogP contribution in [-0.2, 0) is 0 Å². The summed E-state index contributed by atoms with van der Waals surface area (Å²) in [5, 5.41) is 2.87. The molecule has 1 amide bonds. The maximum atomic E-state index is 11.8. The lowest BCUT2D eigenvalue weighted by Gasteiger charge is -2.09. The van der Waals surface area contributed by atoms with Gasteiger partial charge in [0.25, 0.3) is 5.91 Å². The molecule has 110 valence electrons. The molecule has 0 aliphatic carbocycles. The number of ether oxygens (including phenoxy) is 1. The van der Waals surface area contributed by atoms with E-state index >= 15 is 0 Å². The number of carbonyl (C=O) groups is 1. The number of nitrogens with one attached hydrogen (secondary N) is 1. The Balaban J connectivity index is 1.68. The average Bonchev–Trinajstić information content (AvgIpc) is 2.51. The van der Waals surface area contributed by atoms with Crippen LogP contribution < -0.4 is 15.8 Å². The highest BCUT2D eigenvalue weighted by Gasteiger charge is 2.03. The number of amides is 1. The van der Waals surface area contributed by atoms with Gasteiger partial charge in [-0.3, -0.25) is 4.79 Å². The molecule has 0 aliphatic rings. The van der Waals surface area contributed by atoms with E-state index in [1.165, 1.54) is 0 Å². The molecule has 0 bridgehead atoms. The second-order valence-corrected chi connectivity index (χ2v) is 4.84. The van der Waals surface area contributed by atoms with Crippen molar-refractivity contribution in [3.8, 4) is 5.75 Å². The molecule has 0 unspecified atom stereocenters. The summed E-state index contributed by atoms with van der Waals surface area (Å²) in [4.78, 5) is 11.8. The van der Waals surface area contributed by atoms with E-state index in [2.05, 4.69) is 5.32 Å². The summed E-state index contributed by atoms with van der Waals surface area (Å²) in [6.45, 7) is 3.09. The molecule has 21 heavy (non-hydrogen) atoms. The van der Waals surface area contributed by atoms with Crippen LogP contribution in [0.5, 0.6) is 5.75 Å². The summed E-state index contributed by atoms with van der Waals surface area (Å²) in [5.74, 6) is 0.745. The third kappa shape index (κ3) is 4.53. The van der Waals surface area contributed by atoms with E-state index < -0.39 is 0 Å². The van der Waals surface area contributed by atoms with E-state index in [0.717, 1.165) is 23.4 Å². The minimum Gasteiger partial charge on any atom is -0.494 e. The Labute approximate surface area is 124 Å². The lowest BCUT2D eigenvalue weighted by molar-refractivity contribution is 0.0951. The van der Waals surface area contributed by atoms with Crippen LogP contribution in [-0.4, -0.2) is 19.1 Å². The van der Waals surface area contributed by atoms with Crippen molar-refractivity contribution < 1.29 is 9.53 Å². The fourth-order valence-corrected chi connectivity index (χ4v) is 1.89. The lowest BCUT2D eigenvalue weighted by atomic mass is 10.2. The number of anilines is 1. The van der Waals surface area contributed by atoms with Gasteiger partial charge in [-0.15, -0.1) is 0 Å². The van der Waals surface area contributed by atoms with Crippen LogP contribution in [0.4, 0.5) is 5.69 Å². The Morgan fingerprint density at radius 2 is 1.95 bits per heavy atom. The smallest absolute Gasteiger partial charge is 0.251 e. The maximum absolute atomic E-state index is 11.8. The predicted octanol–water partition coefficient (Wildman–Crippen LogP) is 2.78. The molecule has 0 atom stereocenters. The van der Waals surface area contributed by atoms with Crippen molar-refractivity contribution in [2.45, 2.75) is 13.3 Å². The van der Waals surface area contributed by atoms with E-state index in [9.17, 15) is 4.79 Å².